The van der Waals surface area contributed by atoms with Gasteiger partial charge in [0.2, 0.25) is 0 Å². The molecule has 0 aromatic heterocycles. The Labute approximate surface area is 298 Å². The van der Waals surface area contributed by atoms with E-state index in [9.17, 15) is 9.59 Å². The van der Waals surface area contributed by atoms with Crippen molar-refractivity contribution in [2.75, 3.05) is 0 Å². The molecule has 0 aliphatic heterocycles. The minimum atomic E-state index is -0.664. The van der Waals surface area contributed by atoms with Crippen molar-refractivity contribution in [2.24, 2.45) is 0 Å². The van der Waals surface area contributed by atoms with E-state index >= 15 is 0 Å². The van der Waals surface area contributed by atoms with Gasteiger partial charge in [-0.3, -0.25) is 9.59 Å². The summed E-state index contributed by atoms with van der Waals surface area (Å²) >= 11 is 0. The van der Waals surface area contributed by atoms with Crippen LogP contribution in [-0.2, 0) is 9.59 Å². The normalized spacial score (nSPS) is 11.0. The molecule has 0 amide bonds. The van der Waals surface area contributed by atoms with Crippen LogP contribution < -0.4 is 0 Å². The van der Waals surface area contributed by atoms with Crippen LogP contribution in [0.15, 0.2) is 24.3 Å². The van der Waals surface area contributed by atoms with Gasteiger partial charge in [-0.05, 0) is 64.2 Å². The first-order valence-corrected chi connectivity index (χ1v) is 17.3. The number of carboxylic acids is 2. The van der Waals surface area contributed by atoms with Crippen LogP contribution in [0.25, 0.3) is 0 Å². The summed E-state index contributed by atoms with van der Waals surface area (Å²) in [4.78, 5) is 20.6. The SMILES string of the molecule is CCCCCCCC/C=C\CCCCCCCC(=O)O.CCCCCCCC/C=C\CCCCCCCC(=O)O.[KH]. The van der Waals surface area contributed by atoms with Crippen LogP contribution in [0.5, 0.6) is 0 Å². The van der Waals surface area contributed by atoms with Crippen molar-refractivity contribution in [1.29, 1.82) is 0 Å². The molecule has 0 radical (unpaired) electrons. The number of rotatable bonds is 30. The number of allylic oxidation sites excluding steroid dienone is 4. The Bertz CT molecular complexity index is 524. The average molecular weight is 605 g/mol. The molecule has 2 N–H and O–H groups in total. The van der Waals surface area contributed by atoms with Crippen LogP contribution in [0.4, 0.5) is 0 Å². The zero-order valence-corrected chi connectivity index (χ0v) is 26.8. The fourth-order valence-electron chi connectivity index (χ4n) is 4.69. The molecule has 0 saturated carbocycles. The van der Waals surface area contributed by atoms with Gasteiger partial charge in [-0.25, -0.2) is 0 Å². The Balaban J connectivity index is -0.000000688. The maximum atomic E-state index is 10.3. The second-order valence-electron chi connectivity index (χ2n) is 11.5. The van der Waals surface area contributed by atoms with E-state index in [-0.39, 0.29) is 51.4 Å². The molecular weight excluding hydrogens is 535 g/mol. The zero-order chi connectivity index (χ0) is 29.8. The summed E-state index contributed by atoms with van der Waals surface area (Å²) in [5.74, 6) is -1.33. The molecule has 41 heavy (non-hydrogen) atoms. The molecule has 0 spiro atoms. The van der Waals surface area contributed by atoms with Gasteiger partial charge >= 0.3 is 63.3 Å². The molecule has 0 atom stereocenters. The average Bonchev–Trinajstić information content (AvgIpc) is 2.93. The predicted molar refractivity (Wildman–Crippen MR) is 181 cm³/mol. The van der Waals surface area contributed by atoms with Crippen LogP contribution >= 0.6 is 0 Å². The molecule has 0 rings (SSSR count). The minimum absolute atomic E-state index is 0. The van der Waals surface area contributed by atoms with E-state index in [0.717, 1.165) is 25.7 Å². The number of aliphatic carboxylic acids is 2. The van der Waals surface area contributed by atoms with Crippen molar-refractivity contribution < 1.29 is 19.8 Å². The second-order valence-corrected chi connectivity index (χ2v) is 11.5. The van der Waals surface area contributed by atoms with Gasteiger partial charge in [0, 0.05) is 12.8 Å². The van der Waals surface area contributed by atoms with Crippen LogP contribution in [-0.4, -0.2) is 73.5 Å². The molecule has 0 fully saturated rings. The van der Waals surface area contributed by atoms with Gasteiger partial charge in [-0.15, -0.1) is 0 Å². The van der Waals surface area contributed by atoms with Crippen LogP contribution in [0, 0.1) is 0 Å². The van der Waals surface area contributed by atoms with Gasteiger partial charge in [0.05, 0.1) is 0 Å². The van der Waals surface area contributed by atoms with E-state index in [1.54, 1.807) is 0 Å². The monoisotopic (exact) mass is 604 g/mol. The first-order valence-electron chi connectivity index (χ1n) is 17.3. The molecule has 0 bridgehead atoms. The Hall–Kier alpha value is 0.0564. The third-order valence-electron chi connectivity index (χ3n) is 7.30. The molecule has 0 aromatic rings. The number of carboxylic acid groups (broad SMARTS) is 2. The summed E-state index contributed by atoms with van der Waals surface area (Å²) in [6.45, 7) is 4.52. The third kappa shape index (κ3) is 50.0. The van der Waals surface area contributed by atoms with Crippen molar-refractivity contribution in [1.82, 2.24) is 0 Å². The molecule has 0 aliphatic rings. The Morgan fingerprint density at radius 3 is 0.854 bits per heavy atom. The zero-order valence-electron chi connectivity index (χ0n) is 26.8. The van der Waals surface area contributed by atoms with E-state index in [2.05, 4.69) is 38.2 Å². The van der Waals surface area contributed by atoms with Crippen molar-refractivity contribution >= 4 is 63.3 Å². The molecular formula is C36H69KO4. The number of hydrogen-bond acceptors (Lipinski definition) is 2. The van der Waals surface area contributed by atoms with Crippen molar-refractivity contribution in [3.05, 3.63) is 24.3 Å². The summed E-state index contributed by atoms with van der Waals surface area (Å²) < 4.78 is 0. The van der Waals surface area contributed by atoms with Gasteiger partial charge in [0.1, 0.15) is 0 Å². The van der Waals surface area contributed by atoms with Gasteiger partial charge in [0.25, 0.3) is 0 Å². The number of unbranched alkanes of at least 4 members (excludes halogenated alkanes) is 22. The second kappa shape index (κ2) is 42.2. The molecule has 238 valence electrons. The van der Waals surface area contributed by atoms with Crippen molar-refractivity contribution in [3.8, 4) is 0 Å². The molecule has 0 heterocycles. The summed E-state index contributed by atoms with van der Waals surface area (Å²) in [7, 11) is 0. The molecule has 0 unspecified atom stereocenters. The van der Waals surface area contributed by atoms with Crippen LogP contribution in [0.2, 0.25) is 0 Å². The van der Waals surface area contributed by atoms with Gasteiger partial charge in [-0.1, -0.05) is 141 Å². The molecule has 0 aromatic carbocycles. The van der Waals surface area contributed by atoms with E-state index in [1.165, 1.54) is 141 Å². The Morgan fingerprint density at radius 2 is 0.610 bits per heavy atom. The topological polar surface area (TPSA) is 74.6 Å². The fourth-order valence-corrected chi connectivity index (χ4v) is 4.69. The van der Waals surface area contributed by atoms with Crippen LogP contribution in [0.1, 0.15) is 194 Å². The van der Waals surface area contributed by atoms with Gasteiger partial charge in [-0.2, -0.15) is 0 Å². The van der Waals surface area contributed by atoms with Crippen LogP contribution in [0.3, 0.4) is 0 Å². The summed E-state index contributed by atoms with van der Waals surface area (Å²) in [5, 5.41) is 17.0. The van der Waals surface area contributed by atoms with E-state index in [4.69, 9.17) is 10.2 Å². The van der Waals surface area contributed by atoms with E-state index in [0.29, 0.717) is 12.8 Å². The number of carbonyl (C=O) groups is 2. The predicted octanol–water partition coefficient (Wildman–Crippen LogP) is 11.6. The van der Waals surface area contributed by atoms with E-state index < -0.39 is 11.9 Å². The molecule has 0 aliphatic carbocycles. The Kier molecular flexibility index (Phi) is 46.8. The Morgan fingerprint density at radius 1 is 0.390 bits per heavy atom. The molecule has 5 heteroatoms. The standard InChI is InChI=1S/2C18H34O2.K.H/c2*1-2-3-4-5-6-7-8-9-10-11-12-13-14-15-16-17-18(19)20;;/h2*9-10H,2-8,11-17H2,1H3,(H,19,20);;/b2*10-9-;;. The number of hydrogen-bond donors (Lipinski definition) is 2. The first kappa shape index (κ1) is 45.5. The maximum absolute atomic E-state index is 10.3. The van der Waals surface area contributed by atoms with Gasteiger partial charge < -0.3 is 10.2 Å². The first-order chi connectivity index (χ1) is 19.5. The summed E-state index contributed by atoms with van der Waals surface area (Å²) in [5.41, 5.74) is 0. The molecule has 0 saturated heterocycles. The quantitative estimate of drug-likeness (QED) is 0.0486. The molecule has 4 nitrogen and oxygen atoms in total. The van der Waals surface area contributed by atoms with E-state index in [1.807, 2.05) is 0 Å². The van der Waals surface area contributed by atoms with Crippen molar-refractivity contribution in [3.63, 3.8) is 0 Å². The third-order valence-corrected chi connectivity index (χ3v) is 7.30. The summed E-state index contributed by atoms with van der Waals surface area (Å²) in [6, 6.07) is 0. The van der Waals surface area contributed by atoms with Crippen molar-refractivity contribution in [2.45, 2.75) is 194 Å². The fraction of sp³-hybridized carbons (Fsp3) is 0.833. The summed E-state index contributed by atoms with van der Waals surface area (Å²) in [6.07, 6.45) is 42.5. The van der Waals surface area contributed by atoms with Gasteiger partial charge in [0.15, 0.2) is 0 Å².